The Morgan fingerprint density at radius 1 is 1.21 bits per heavy atom. The molecule has 0 heterocycles. The van der Waals surface area contributed by atoms with E-state index in [0.29, 0.717) is 19.2 Å². The van der Waals surface area contributed by atoms with Crippen LogP contribution in [0.5, 0.6) is 0 Å². The highest BCUT2D eigenvalue weighted by molar-refractivity contribution is 5.66. The van der Waals surface area contributed by atoms with Crippen molar-refractivity contribution in [2.75, 3.05) is 19.7 Å². The van der Waals surface area contributed by atoms with Crippen molar-refractivity contribution in [3.8, 4) is 0 Å². The van der Waals surface area contributed by atoms with Gasteiger partial charge < -0.3 is 15.4 Å². The Bertz CT molecular complexity index is 147. The van der Waals surface area contributed by atoms with Gasteiger partial charge in [0.2, 0.25) is 0 Å². The van der Waals surface area contributed by atoms with E-state index in [1.165, 1.54) is 0 Å². The summed E-state index contributed by atoms with van der Waals surface area (Å²) < 4.78 is 4.72. The van der Waals surface area contributed by atoms with Crippen LogP contribution >= 0.6 is 0 Å². The summed E-state index contributed by atoms with van der Waals surface area (Å²) in [7, 11) is 0. The van der Waals surface area contributed by atoms with E-state index >= 15 is 0 Å². The highest BCUT2D eigenvalue weighted by Gasteiger charge is 2.02. The number of amides is 1. The minimum Gasteiger partial charge on any atom is -0.450 e. The molecule has 0 unspecified atom stereocenters. The molecule has 4 heteroatoms. The summed E-state index contributed by atoms with van der Waals surface area (Å²) in [6.07, 6.45) is 1.91. The van der Waals surface area contributed by atoms with Crippen LogP contribution in [0.25, 0.3) is 0 Å². The largest absolute Gasteiger partial charge is 0.450 e. The lowest BCUT2D eigenvalue weighted by Gasteiger charge is -2.14. The Morgan fingerprint density at radius 2 is 1.86 bits per heavy atom. The molecule has 0 aliphatic heterocycles. The van der Waals surface area contributed by atoms with Crippen LogP contribution in [0.3, 0.4) is 0 Å². The van der Waals surface area contributed by atoms with Gasteiger partial charge in [-0.2, -0.15) is 0 Å². The van der Waals surface area contributed by atoms with Crippen LogP contribution in [-0.2, 0) is 4.74 Å². The third-order valence-corrected chi connectivity index (χ3v) is 2.09. The van der Waals surface area contributed by atoms with Gasteiger partial charge in [-0.1, -0.05) is 13.8 Å². The monoisotopic (exact) mass is 202 g/mol. The molecule has 84 valence electrons. The molecule has 0 aromatic rings. The van der Waals surface area contributed by atoms with Gasteiger partial charge in [0.1, 0.15) is 0 Å². The third-order valence-electron chi connectivity index (χ3n) is 2.09. The third kappa shape index (κ3) is 6.71. The van der Waals surface area contributed by atoms with Gasteiger partial charge in [-0.25, -0.2) is 4.79 Å². The summed E-state index contributed by atoms with van der Waals surface area (Å²) >= 11 is 0. The van der Waals surface area contributed by atoms with Gasteiger partial charge in [-0.05, 0) is 19.8 Å². The lowest BCUT2D eigenvalue weighted by molar-refractivity contribution is 0.152. The zero-order valence-corrected chi connectivity index (χ0v) is 9.43. The van der Waals surface area contributed by atoms with Crippen LogP contribution in [0, 0.1) is 0 Å². The number of hydrogen-bond acceptors (Lipinski definition) is 3. The van der Waals surface area contributed by atoms with Crippen molar-refractivity contribution >= 4 is 6.09 Å². The van der Waals surface area contributed by atoms with E-state index in [1.54, 1.807) is 6.92 Å². The SMILES string of the molecule is CCOC(=O)NCCNC(CC)CC. The van der Waals surface area contributed by atoms with Gasteiger partial charge in [-0.3, -0.25) is 0 Å². The average molecular weight is 202 g/mol. The highest BCUT2D eigenvalue weighted by Crippen LogP contribution is 1.94. The fourth-order valence-electron chi connectivity index (χ4n) is 1.20. The van der Waals surface area contributed by atoms with Crippen molar-refractivity contribution in [3.63, 3.8) is 0 Å². The molecular weight excluding hydrogens is 180 g/mol. The number of nitrogens with one attached hydrogen (secondary N) is 2. The number of alkyl carbamates (subject to hydrolysis) is 1. The lowest BCUT2D eigenvalue weighted by atomic mass is 10.2. The summed E-state index contributed by atoms with van der Waals surface area (Å²) in [5.41, 5.74) is 0. The Morgan fingerprint density at radius 3 is 2.36 bits per heavy atom. The maximum absolute atomic E-state index is 10.9. The molecule has 0 saturated carbocycles. The highest BCUT2D eigenvalue weighted by atomic mass is 16.5. The standard InChI is InChI=1S/C10H22N2O2/c1-4-9(5-2)11-7-8-12-10(13)14-6-3/h9,11H,4-8H2,1-3H3,(H,12,13). The summed E-state index contributed by atoms with van der Waals surface area (Å²) in [6, 6.07) is 0.555. The normalized spacial score (nSPS) is 10.3. The maximum atomic E-state index is 10.9. The smallest absolute Gasteiger partial charge is 0.407 e. The van der Waals surface area contributed by atoms with E-state index in [4.69, 9.17) is 4.74 Å². The molecular formula is C10H22N2O2. The molecule has 0 rings (SSSR count). The molecule has 0 bridgehead atoms. The number of hydrogen-bond donors (Lipinski definition) is 2. The first-order valence-electron chi connectivity index (χ1n) is 5.38. The fourth-order valence-corrected chi connectivity index (χ4v) is 1.20. The predicted octanol–water partition coefficient (Wildman–Crippen LogP) is 1.51. The van der Waals surface area contributed by atoms with Crippen molar-refractivity contribution in [2.24, 2.45) is 0 Å². The second-order valence-corrected chi connectivity index (χ2v) is 3.11. The van der Waals surface area contributed by atoms with Gasteiger partial charge in [0.05, 0.1) is 6.61 Å². The Labute approximate surface area is 86.4 Å². The summed E-state index contributed by atoms with van der Waals surface area (Å²) in [6.45, 7) is 7.94. The number of carbonyl (C=O) groups is 1. The summed E-state index contributed by atoms with van der Waals surface area (Å²) in [5.74, 6) is 0. The van der Waals surface area contributed by atoms with Crippen LogP contribution in [0.1, 0.15) is 33.6 Å². The topological polar surface area (TPSA) is 50.4 Å². The van der Waals surface area contributed by atoms with Gasteiger partial charge in [-0.15, -0.1) is 0 Å². The minimum absolute atomic E-state index is 0.334. The maximum Gasteiger partial charge on any atom is 0.407 e. The van der Waals surface area contributed by atoms with E-state index in [2.05, 4.69) is 24.5 Å². The summed E-state index contributed by atoms with van der Waals surface area (Å²) in [4.78, 5) is 10.9. The number of carbonyl (C=O) groups excluding carboxylic acids is 1. The Kier molecular flexibility index (Phi) is 8.33. The van der Waals surface area contributed by atoms with Gasteiger partial charge in [0.15, 0.2) is 0 Å². The van der Waals surface area contributed by atoms with Crippen LogP contribution in [0.2, 0.25) is 0 Å². The Hall–Kier alpha value is -0.770. The fraction of sp³-hybridized carbons (Fsp3) is 0.900. The van der Waals surface area contributed by atoms with Crippen molar-refractivity contribution < 1.29 is 9.53 Å². The second-order valence-electron chi connectivity index (χ2n) is 3.11. The molecule has 4 nitrogen and oxygen atoms in total. The number of ether oxygens (including phenoxy) is 1. The molecule has 0 radical (unpaired) electrons. The molecule has 0 fully saturated rings. The molecule has 0 spiro atoms. The molecule has 1 amide bonds. The zero-order chi connectivity index (χ0) is 10.8. The molecule has 0 aliphatic carbocycles. The first-order valence-corrected chi connectivity index (χ1v) is 5.38. The number of rotatable bonds is 7. The molecule has 14 heavy (non-hydrogen) atoms. The van der Waals surface area contributed by atoms with Crippen LogP contribution in [0.15, 0.2) is 0 Å². The van der Waals surface area contributed by atoms with Crippen molar-refractivity contribution in [3.05, 3.63) is 0 Å². The second kappa shape index (κ2) is 8.81. The average Bonchev–Trinajstić information content (AvgIpc) is 2.19. The van der Waals surface area contributed by atoms with E-state index in [-0.39, 0.29) is 6.09 Å². The molecule has 0 aromatic carbocycles. The first-order chi connectivity index (χ1) is 6.74. The lowest BCUT2D eigenvalue weighted by Crippen LogP contribution is -2.36. The molecule has 0 saturated heterocycles. The van der Waals surface area contributed by atoms with E-state index in [0.717, 1.165) is 19.4 Å². The van der Waals surface area contributed by atoms with Gasteiger partial charge in [0, 0.05) is 19.1 Å². The van der Waals surface area contributed by atoms with Crippen LogP contribution in [-0.4, -0.2) is 31.8 Å². The van der Waals surface area contributed by atoms with Gasteiger partial charge in [0.25, 0.3) is 0 Å². The first kappa shape index (κ1) is 13.2. The van der Waals surface area contributed by atoms with E-state index in [9.17, 15) is 4.79 Å². The summed E-state index contributed by atoms with van der Waals surface area (Å²) in [5, 5.41) is 6.01. The minimum atomic E-state index is -0.334. The van der Waals surface area contributed by atoms with Crippen LogP contribution < -0.4 is 10.6 Å². The Balaban J connectivity index is 3.32. The molecule has 0 atom stereocenters. The van der Waals surface area contributed by atoms with Crippen molar-refractivity contribution in [1.82, 2.24) is 10.6 Å². The van der Waals surface area contributed by atoms with Crippen molar-refractivity contribution in [2.45, 2.75) is 39.7 Å². The molecule has 0 aliphatic rings. The quantitative estimate of drug-likeness (QED) is 0.615. The molecule has 0 aromatic heterocycles. The molecule has 2 N–H and O–H groups in total. The predicted molar refractivity (Wildman–Crippen MR) is 57.4 cm³/mol. The van der Waals surface area contributed by atoms with E-state index in [1.807, 2.05) is 0 Å². The zero-order valence-electron chi connectivity index (χ0n) is 9.43. The van der Waals surface area contributed by atoms with E-state index < -0.39 is 0 Å². The van der Waals surface area contributed by atoms with Gasteiger partial charge >= 0.3 is 6.09 Å². The van der Waals surface area contributed by atoms with Crippen LogP contribution in [0.4, 0.5) is 4.79 Å². The van der Waals surface area contributed by atoms with Crippen molar-refractivity contribution in [1.29, 1.82) is 0 Å².